The quantitative estimate of drug-likeness (QED) is 0.654. The van der Waals surface area contributed by atoms with Crippen LogP contribution >= 0.6 is 0 Å². The van der Waals surface area contributed by atoms with Crippen molar-refractivity contribution in [3.63, 3.8) is 0 Å². The van der Waals surface area contributed by atoms with Crippen molar-refractivity contribution in [3.05, 3.63) is 83.8 Å². The molecule has 3 aromatic rings. The van der Waals surface area contributed by atoms with E-state index in [4.69, 9.17) is 4.74 Å². The monoisotopic (exact) mass is 376 g/mol. The van der Waals surface area contributed by atoms with Gasteiger partial charge in [-0.05, 0) is 23.6 Å². The van der Waals surface area contributed by atoms with Crippen molar-refractivity contribution in [2.45, 2.75) is 13.0 Å². The number of carbonyl (C=O) groups is 1. The van der Waals surface area contributed by atoms with Crippen LogP contribution in [0.3, 0.4) is 0 Å². The summed E-state index contributed by atoms with van der Waals surface area (Å²) in [5.41, 5.74) is 2.54. The number of methoxy groups -OCH3 is 1. The average Bonchev–Trinajstić information content (AvgIpc) is 2.75. The number of amides is 1. The lowest BCUT2D eigenvalue weighted by Crippen LogP contribution is -2.27. The van der Waals surface area contributed by atoms with Crippen LogP contribution in [0, 0.1) is 0 Å². The van der Waals surface area contributed by atoms with E-state index in [9.17, 15) is 4.79 Å². The van der Waals surface area contributed by atoms with Gasteiger partial charge in [0.1, 0.15) is 17.3 Å². The fourth-order valence-corrected chi connectivity index (χ4v) is 2.88. The first kappa shape index (κ1) is 19.4. The highest BCUT2D eigenvalue weighted by Crippen LogP contribution is 2.17. The number of nitrogens with zero attached hydrogens (tertiary/aromatic N) is 3. The van der Waals surface area contributed by atoms with Crippen LogP contribution in [0.2, 0.25) is 0 Å². The predicted molar refractivity (Wildman–Crippen MR) is 110 cm³/mol. The molecule has 0 aliphatic heterocycles. The van der Waals surface area contributed by atoms with Gasteiger partial charge in [0, 0.05) is 20.1 Å². The molecule has 0 spiro atoms. The molecule has 28 heavy (non-hydrogen) atoms. The summed E-state index contributed by atoms with van der Waals surface area (Å²) in [5.74, 6) is 1.30. The number of rotatable bonds is 8. The molecule has 144 valence electrons. The Morgan fingerprint density at radius 2 is 1.79 bits per heavy atom. The number of hydrogen-bond acceptors (Lipinski definition) is 5. The van der Waals surface area contributed by atoms with Gasteiger partial charge in [0.15, 0.2) is 0 Å². The summed E-state index contributed by atoms with van der Waals surface area (Å²) < 4.78 is 5.33. The van der Waals surface area contributed by atoms with Crippen molar-refractivity contribution in [2.75, 3.05) is 25.6 Å². The molecule has 2 aromatic carbocycles. The Labute approximate surface area is 165 Å². The van der Waals surface area contributed by atoms with Crippen molar-refractivity contribution < 1.29 is 9.53 Å². The molecule has 3 rings (SSSR count). The standard InChI is InChI=1S/C22H24N4O2/c1-26(16-17-8-4-3-5-9-17)21-15-24-19(14-25-21)22(27)23-13-12-18-10-6-7-11-20(18)28-2/h3-11,14-15H,12-13,16H2,1-2H3,(H,23,27). The van der Waals surface area contributed by atoms with Gasteiger partial charge < -0.3 is 15.0 Å². The Morgan fingerprint density at radius 3 is 2.50 bits per heavy atom. The summed E-state index contributed by atoms with van der Waals surface area (Å²) in [5, 5.41) is 2.88. The molecule has 0 aliphatic carbocycles. The molecular weight excluding hydrogens is 352 g/mol. The van der Waals surface area contributed by atoms with E-state index < -0.39 is 0 Å². The molecule has 0 unspecified atom stereocenters. The number of benzene rings is 2. The van der Waals surface area contributed by atoms with E-state index in [0.717, 1.165) is 23.7 Å². The number of ether oxygens (including phenoxy) is 1. The molecule has 0 saturated heterocycles. The van der Waals surface area contributed by atoms with Crippen LogP contribution in [0.1, 0.15) is 21.6 Å². The lowest BCUT2D eigenvalue weighted by atomic mass is 10.1. The third-order valence-corrected chi connectivity index (χ3v) is 4.40. The lowest BCUT2D eigenvalue weighted by Gasteiger charge is -2.17. The number of carbonyl (C=O) groups excluding carboxylic acids is 1. The van der Waals surface area contributed by atoms with Gasteiger partial charge in [0.25, 0.3) is 5.91 Å². The van der Waals surface area contributed by atoms with Crippen LogP contribution < -0.4 is 15.0 Å². The summed E-state index contributed by atoms with van der Waals surface area (Å²) in [6, 6.07) is 17.9. The van der Waals surface area contributed by atoms with Crippen LogP contribution in [0.15, 0.2) is 67.0 Å². The van der Waals surface area contributed by atoms with Crippen molar-refractivity contribution in [3.8, 4) is 5.75 Å². The van der Waals surface area contributed by atoms with Crippen molar-refractivity contribution >= 4 is 11.7 Å². The van der Waals surface area contributed by atoms with E-state index in [-0.39, 0.29) is 5.91 Å². The maximum Gasteiger partial charge on any atom is 0.271 e. The third-order valence-electron chi connectivity index (χ3n) is 4.40. The summed E-state index contributed by atoms with van der Waals surface area (Å²) in [4.78, 5) is 22.9. The van der Waals surface area contributed by atoms with Crippen LogP contribution in [0.25, 0.3) is 0 Å². The molecule has 0 saturated carbocycles. The summed E-state index contributed by atoms with van der Waals surface area (Å²) in [6.45, 7) is 1.22. The summed E-state index contributed by atoms with van der Waals surface area (Å²) in [6.07, 6.45) is 3.81. The Kier molecular flexibility index (Phi) is 6.57. The topological polar surface area (TPSA) is 67.3 Å². The zero-order chi connectivity index (χ0) is 19.8. The van der Waals surface area contributed by atoms with Gasteiger partial charge in [0.2, 0.25) is 0 Å². The fraction of sp³-hybridized carbons (Fsp3) is 0.227. The first-order valence-corrected chi connectivity index (χ1v) is 9.14. The van der Waals surface area contributed by atoms with Crippen LogP contribution in [0.4, 0.5) is 5.82 Å². The molecule has 0 radical (unpaired) electrons. The van der Waals surface area contributed by atoms with Gasteiger partial charge in [-0.1, -0.05) is 48.5 Å². The summed E-state index contributed by atoms with van der Waals surface area (Å²) in [7, 11) is 3.59. The highest BCUT2D eigenvalue weighted by atomic mass is 16.5. The highest BCUT2D eigenvalue weighted by molar-refractivity contribution is 5.92. The molecule has 6 heteroatoms. The van der Waals surface area contributed by atoms with Gasteiger partial charge in [-0.15, -0.1) is 0 Å². The van der Waals surface area contributed by atoms with Gasteiger partial charge in [-0.2, -0.15) is 0 Å². The van der Waals surface area contributed by atoms with Crippen LogP contribution in [-0.4, -0.2) is 36.6 Å². The lowest BCUT2D eigenvalue weighted by molar-refractivity contribution is 0.0948. The second kappa shape index (κ2) is 9.50. The minimum absolute atomic E-state index is 0.236. The van der Waals surface area contributed by atoms with Crippen molar-refractivity contribution in [1.82, 2.24) is 15.3 Å². The van der Waals surface area contributed by atoms with Crippen LogP contribution in [0.5, 0.6) is 5.75 Å². The van der Waals surface area contributed by atoms with Crippen molar-refractivity contribution in [1.29, 1.82) is 0 Å². The molecule has 1 heterocycles. The number of para-hydroxylation sites is 1. The normalized spacial score (nSPS) is 10.4. The van der Waals surface area contributed by atoms with E-state index in [2.05, 4.69) is 27.4 Å². The molecule has 0 fully saturated rings. The molecule has 1 aromatic heterocycles. The minimum atomic E-state index is -0.236. The average molecular weight is 376 g/mol. The Morgan fingerprint density at radius 1 is 1.04 bits per heavy atom. The van der Waals surface area contributed by atoms with E-state index in [1.807, 2.05) is 54.4 Å². The maximum absolute atomic E-state index is 12.3. The van der Waals surface area contributed by atoms with Gasteiger partial charge in [-0.3, -0.25) is 4.79 Å². The van der Waals surface area contributed by atoms with Gasteiger partial charge in [0.05, 0.1) is 19.5 Å². The third kappa shape index (κ3) is 5.07. The first-order chi connectivity index (χ1) is 13.7. The number of aromatic nitrogens is 2. The van der Waals surface area contributed by atoms with Crippen molar-refractivity contribution in [2.24, 2.45) is 0 Å². The SMILES string of the molecule is COc1ccccc1CCNC(=O)c1cnc(N(C)Cc2ccccc2)cn1. The highest BCUT2D eigenvalue weighted by Gasteiger charge is 2.10. The number of anilines is 1. The Hall–Kier alpha value is -3.41. The molecule has 0 atom stereocenters. The number of nitrogens with one attached hydrogen (secondary N) is 1. The zero-order valence-electron chi connectivity index (χ0n) is 16.1. The molecule has 1 N–H and O–H groups in total. The van der Waals surface area contributed by atoms with Gasteiger partial charge >= 0.3 is 0 Å². The van der Waals surface area contributed by atoms with E-state index in [1.165, 1.54) is 11.8 Å². The first-order valence-electron chi connectivity index (χ1n) is 9.14. The number of hydrogen-bond donors (Lipinski definition) is 1. The summed E-state index contributed by atoms with van der Waals surface area (Å²) >= 11 is 0. The van der Waals surface area contributed by atoms with E-state index in [1.54, 1.807) is 13.3 Å². The molecule has 0 aliphatic rings. The van der Waals surface area contributed by atoms with Crippen LogP contribution in [-0.2, 0) is 13.0 Å². The second-order valence-corrected chi connectivity index (χ2v) is 6.42. The van der Waals surface area contributed by atoms with Gasteiger partial charge in [-0.25, -0.2) is 9.97 Å². The Balaban J connectivity index is 1.53. The maximum atomic E-state index is 12.3. The fourth-order valence-electron chi connectivity index (χ4n) is 2.88. The smallest absolute Gasteiger partial charge is 0.271 e. The molecule has 0 bridgehead atoms. The minimum Gasteiger partial charge on any atom is -0.496 e. The molecule has 1 amide bonds. The molecular formula is C22H24N4O2. The largest absolute Gasteiger partial charge is 0.496 e. The Bertz CT molecular complexity index is 898. The predicted octanol–water partition coefficient (Wildman–Crippen LogP) is 3.09. The van der Waals surface area contributed by atoms with E-state index >= 15 is 0 Å². The zero-order valence-corrected chi connectivity index (χ0v) is 16.1. The molecule has 6 nitrogen and oxygen atoms in total. The van der Waals surface area contributed by atoms with E-state index in [0.29, 0.717) is 18.7 Å². The second-order valence-electron chi connectivity index (χ2n) is 6.42.